The number of benzene rings is 2. The quantitative estimate of drug-likeness (QED) is 0.640. The molecule has 0 saturated heterocycles. The molecule has 0 amide bonds. The third-order valence-corrected chi connectivity index (χ3v) is 3.61. The summed E-state index contributed by atoms with van der Waals surface area (Å²) < 4.78 is 11.8. The minimum atomic E-state index is -0.758. The summed E-state index contributed by atoms with van der Waals surface area (Å²) in [6.07, 6.45) is -0.321. The summed E-state index contributed by atoms with van der Waals surface area (Å²) >= 11 is 0. The van der Waals surface area contributed by atoms with Gasteiger partial charge in [-0.15, -0.1) is 5.10 Å². The normalized spacial score (nSPS) is 11.9. The molecule has 0 fully saturated rings. The third-order valence-electron chi connectivity index (χ3n) is 3.61. The van der Waals surface area contributed by atoms with E-state index in [9.17, 15) is 9.59 Å². The van der Waals surface area contributed by atoms with E-state index in [4.69, 9.17) is 9.47 Å². The molecule has 7 heteroatoms. The molecule has 1 aromatic heterocycles. The van der Waals surface area contributed by atoms with Crippen molar-refractivity contribution in [2.75, 3.05) is 0 Å². The Morgan fingerprint density at radius 2 is 1.84 bits per heavy atom. The summed E-state index contributed by atoms with van der Waals surface area (Å²) in [6, 6.07) is 15.9. The Morgan fingerprint density at radius 3 is 2.60 bits per heavy atom. The smallest absolute Gasteiger partial charge is 0.349 e. The summed E-state index contributed by atoms with van der Waals surface area (Å²) in [5.74, 6) is 0.0159. The minimum absolute atomic E-state index is 0.315. The van der Waals surface area contributed by atoms with Gasteiger partial charge in [-0.2, -0.15) is 4.68 Å². The zero-order valence-corrected chi connectivity index (χ0v) is 13.7. The number of aromatic nitrogens is 3. The Morgan fingerprint density at radius 1 is 1.12 bits per heavy atom. The fourth-order valence-electron chi connectivity index (χ4n) is 2.29. The van der Waals surface area contributed by atoms with E-state index in [1.54, 1.807) is 36.4 Å². The van der Waals surface area contributed by atoms with Crippen LogP contribution in [-0.4, -0.2) is 27.1 Å². The number of hydrogen-bond acceptors (Lipinski definition) is 6. The SMILES string of the molecule is CC[C@H](Oc1ccccc1)C(=O)OCn1nnc2ccccc2c1=O. The predicted octanol–water partition coefficient (Wildman–Crippen LogP) is 2.15. The van der Waals surface area contributed by atoms with Gasteiger partial charge in [0, 0.05) is 0 Å². The average molecular weight is 339 g/mol. The first-order chi connectivity index (χ1) is 12.2. The highest BCUT2D eigenvalue weighted by molar-refractivity contribution is 5.76. The van der Waals surface area contributed by atoms with Gasteiger partial charge in [0.2, 0.25) is 0 Å². The van der Waals surface area contributed by atoms with Gasteiger partial charge in [-0.1, -0.05) is 42.5 Å². The van der Waals surface area contributed by atoms with Gasteiger partial charge in [-0.25, -0.2) is 4.79 Å². The number of ether oxygens (including phenoxy) is 2. The van der Waals surface area contributed by atoms with Crippen molar-refractivity contribution >= 4 is 16.9 Å². The molecule has 0 aliphatic heterocycles. The van der Waals surface area contributed by atoms with Gasteiger partial charge in [0.15, 0.2) is 12.8 Å². The number of rotatable bonds is 6. The lowest BCUT2D eigenvalue weighted by atomic mass is 10.2. The first kappa shape index (κ1) is 16.6. The number of esters is 1. The second kappa shape index (κ2) is 7.57. The average Bonchev–Trinajstić information content (AvgIpc) is 2.66. The highest BCUT2D eigenvalue weighted by atomic mass is 16.6. The first-order valence-corrected chi connectivity index (χ1v) is 7.90. The van der Waals surface area contributed by atoms with Crippen LogP contribution in [0.25, 0.3) is 10.9 Å². The van der Waals surface area contributed by atoms with Crippen LogP contribution in [0.5, 0.6) is 5.75 Å². The molecule has 0 N–H and O–H groups in total. The monoisotopic (exact) mass is 339 g/mol. The van der Waals surface area contributed by atoms with Crippen molar-refractivity contribution in [3.63, 3.8) is 0 Å². The van der Waals surface area contributed by atoms with E-state index < -0.39 is 12.1 Å². The number of hydrogen-bond donors (Lipinski definition) is 0. The van der Waals surface area contributed by atoms with Gasteiger partial charge in [0.05, 0.1) is 5.39 Å². The molecular formula is C18H17N3O4. The summed E-state index contributed by atoms with van der Waals surface area (Å²) in [5.41, 5.74) is 0.129. The van der Waals surface area contributed by atoms with Crippen molar-refractivity contribution in [1.82, 2.24) is 15.0 Å². The maximum Gasteiger partial charge on any atom is 0.349 e. The maximum atomic E-state index is 12.3. The van der Waals surface area contributed by atoms with Gasteiger partial charge < -0.3 is 9.47 Å². The number of nitrogens with zero attached hydrogens (tertiary/aromatic N) is 3. The Hall–Kier alpha value is -3.22. The highest BCUT2D eigenvalue weighted by Gasteiger charge is 2.20. The van der Waals surface area contributed by atoms with Crippen LogP contribution in [0.15, 0.2) is 59.4 Å². The van der Waals surface area contributed by atoms with Gasteiger partial charge in [-0.05, 0) is 30.7 Å². The van der Waals surface area contributed by atoms with Gasteiger partial charge in [-0.3, -0.25) is 4.79 Å². The summed E-state index contributed by atoms with van der Waals surface area (Å²) in [4.78, 5) is 24.5. The molecule has 0 unspecified atom stereocenters. The van der Waals surface area contributed by atoms with E-state index in [2.05, 4.69) is 10.3 Å². The fraction of sp³-hybridized carbons (Fsp3) is 0.222. The van der Waals surface area contributed by atoms with E-state index in [0.717, 1.165) is 4.68 Å². The second-order valence-electron chi connectivity index (χ2n) is 5.33. The lowest BCUT2D eigenvalue weighted by molar-refractivity contribution is -0.156. The van der Waals surface area contributed by atoms with Gasteiger partial charge in [0.1, 0.15) is 11.3 Å². The van der Waals surface area contributed by atoms with Crippen molar-refractivity contribution in [3.05, 3.63) is 65.0 Å². The molecule has 3 aromatic rings. The van der Waals surface area contributed by atoms with Gasteiger partial charge >= 0.3 is 5.97 Å². The molecule has 0 aliphatic carbocycles. The Kier molecular flexibility index (Phi) is 5.03. The number of para-hydroxylation sites is 1. The van der Waals surface area contributed by atoms with Gasteiger partial charge in [0.25, 0.3) is 5.56 Å². The highest BCUT2D eigenvalue weighted by Crippen LogP contribution is 2.13. The number of carbonyl (C=O) groups excluding carboxylic acids is 1. The lowest BCUT2D eigenvalue weighted by Gasteiger charge is -2.16. The molecule has 3 rings (SSSR count). The molecule has 0 aliphatic rings. The fourth-order valence-corrected chi connectivity index (χ4v) is 2.29. The summed E-state index contributed by atoms with van der Waals surface area (Å²) in [7, 11) is 0. The lowest BCUT2D eigenvalue weighted by Crippen LogP contribution is -2.32. The second-order valence-corrected chi connectivity index (χ2v) is 5.33. The van der Waals surface area contributed by atoms with Crippen molar-refractivity contribution in [1.29, 1.82) is 0 Å². The summed E-state index contributed by atoms with van der Waals surface area (Å²) in [5, 5.41) is 8.14. The van der Waals surface area contributed by atoms with E-state index in [1.165, 1.54) is 0 Å². The molecule has 1 atom stereocenters. The Bertz CT molecular complexity index is 924. The molecule has 2 aromatic carbocycles. The largest absolute Gasteiger partial charge is 0.479 e. The molecule has 0 spiro atoms. The van der Waals surface area contributed by atoms with Crippen molar-refractivity contribution in [2.45, 2.75) is 26.2 Å². The zero-order chi connectivity index (χ0) is 17.6. The molecule has 7 nitrogen and oxygen atoms in total. The molecule has 0 radical (unpaired) electrons. The van der Waals surface area contributed by atoms with Crippen molar-refractivity contribution in [2.24, 2.45) is 0 Å². The molecular weight excluding hydrogens is 322 g/mol. The topological polar surface area (TPSA) is 83.3 Å². The van der Waals surface area contributed by atoms with E-state index in [0.29, 0.717) is 23.1 Å². The van der Waals surface area contributed by atoms with E-state index in [-0.39, 0.29) is 12.3 Å². The van der Waals surface area contributed by atoms with Crippen molar-refractivity contribution < 1.29 is 14.3 Å². The maximum absolute atomic E-state index is 12.3. The number of fused-ring (bicyclic) bond motifs is 1. The molecule has 128 valence electrons. The first-order valence-electron chi connectivity index (χ1n) is 7.90. The minimum Gasteiger partial charge on any atom is -0.479 e. The Labute approximate surface area is 143 Å². The van der Waals surface area contributed by atoms with Crippen LogP contribution in [0.1, 0.15) is 13.3 Å². The zero-order valence-electron chi connectivity index (χ0n) is 13.7. The van der Waals surface area contributed by atoms with Crippen LogP contribution in [0.2, 0.25) is 0 Å². The summed E-state index contributed by atoms with van der Waals surface area (Å²) in [6.45, 7) is 1.50. The predicted molar refractivity (Wildman–Crippen MR) is 91.0 cm³/mol. The van der Waals surface area contributed by atoms with Crippen molar-refractivity contribution in [3.8, 4) is 5.75 Å². The number of carbonyl (C=O) groups is 1. The molecule has 25 heavy (non-hydrogen) atoms. The third kappa shape index (κ3) is 3.82. The Balaban J connectivity index is 1.69. The van der Waals surface area contributed by atoms with Crippen LogP contribution in [0.3, 0.4) is 0 Å². The van der Waals surface area contributed by atoms with Crippen LogP contribution in [-0.2, 0) is 16.3 Å². The van der Waals surface area contributed by atoms with Crippen LogP contribution in [0.4, 0.5) is 0 Å². The molecule has 0 bridgehead atoms. The standard InChI is InChI=1S/C18H17N3O4/c1-2-16(25-13-8-4-3-5-9-13)18(23)24-12-21-17(22)14-10-6-7-11-15(14)19-20-21/h3-11,16H,2,12H2,1H3/t16-/m0/s1. The van der Waals surface area contributed by atoms with Crippen LogP contribution < -0.4 is 10.3 Å². The van der Waals surface area contributed by atoms with E-state index in [1.807, 2.05) is 25.1 Å². The van der Waals surface area contributed by atoms with E-state index >= 15 is 0 Å². The van der Waals surface area contributed by atoms with Crippen LogP contribution >= 0.6 is 0 Å². The molecule has 0 saturated carbocycles. The van der Waals surface area contributed by atoms with Crippen LogP contribution in [0, 0.1) is 0 Å². The molecule has 1 heterocycles.